The third kappa shape index (κ3) is 1.90. The first-order valence-corrected chi connectivity index (χ1v) is 7.64. The minimum atomic E-state index is -0.137. The van der Waals surface area contributed by atoms with Crippen molar-refractivity contribution in [3.63, 3.8) is 0 Å². The van der Waals surface area contributed by atoms with Gasteiger partial charge in [-0.25, -0.2) is 4.98 Å². The van der Waals surface area contributed by atoms with Crippen molar-refractivity contribution in [1.29, 1.82) is 0 Å². The highest BCUT2D eigenvalue weighted by Gasteiger charge is 2.17. The van der Waals surface area contributed by atoms with Crippen molar-refractivity contribution in [1.82, 2.24) is 4.98 Å². The van der Waals surface area contributed by atoms with Gasteiger partial charge in [0.1, 0.15) is 16.2 Å². The Hall–Kier alpha value is -2.66. The van der Waals surface area contributed by atoms with Crippen LogP contribution >= 0.6 is 11.3 Å². The second-order valence-electron chi connectivity index (χ2n) is 5.16. The van der Waals surface area contributed by atoms with Crippen molar-refractivity contribution >= 4 is 38.4 Å². The number of nitrogens with zero attached hydrogens (tertiary/aromatic N) is 1. The van der Waals surface area contributed by atoms with E-state index in [-0.39, 0.29) is 11.3 Å². The number of nitrogens with two attached hydrogens (primary N) is 1. The highest BCUT2D eigenvalue weighted by Crippen LogP contribution is 2.32. The fraction of sp³-hybridized carbons (Fsp3) is 0.0588. The molecular formula is C17H12N2O2S. The molecule has 0 aliphatic carbocycles. The molecule has 5 heteroatoms. The highest BCUT2D eigenvalue weighted by molar-refractivity contribution is 7.21. The van der Waals surface area contributed by atoms with Crippen LogP contribution in [0.15, 0.2) is 51.7 Å². The first-order chi connectivity index (χ1) is 10.6. The van der Waals surface area contributed by atoms with Gasteiger partial charge < -0.3 is 10.2 Å². The number of hydrogen-bond acceptors (Lipinski definition) is 5. The molecule has 4 rings (SSSR count). The van der Waals surface area contributed by atoms with Crippen LogP contribution in [0.3, 0.4) is 0 Å². The summed E-state index contributed by atoms with van der Waals surface area (Å²) in [5.41, 5.74) is 8.54. The molecule has 0 unspecified atom stereocenters. The third-order valence-electron chi connectivity index (χ3n) is 3.58. The van der Waals surface area contributed by atoms with Crippen LogP contribution in [0.4, 0.5) is 5.88 Å². The number of thiazole rings is 1. The Kier molecular flexibility index (Phi) is 2.77. The number of aromatic nitrogens is 1. The molecule has 2 heterocycles. The van der Waals surface area contributed by atoms with Gasteiger partial charge >= 0.3 is 0 Å². The van der Waals surface area contributed by atoms with Gasteiger partial charge in [0.05, 0.1) is 15.6 Å². The average Bonchev–Trinajstić information content (AvgIpc) is 2.91. The van der Waals surface area contributed by atoms with Crippen molar-refractivity contribution in [2.75, 3.05) is 5.73 Å². The van der Waals surface area contributed by atoms with Crippen molar-refractivity contribution in [2.45, 2.75) is 6.92 Å². The second kappa shape index (κ2) is 4.68. The lowest BCUT2D eigenvalue weighted by Gasteiger charge is -2.04. The van der Waals surface area contributed by atoms with Gasteiger partial charge in [-0.15, -0.1) is 11.3 Å². The first-order valence-electron chi connectivity index (χ1n) is 6.82. The fourth-order valence-corrected chi connectivity index (χ4v) is 3.52. The number of benzene rings is 2. The molecule has 4 nitrogen and oxygen atoms in total. The molecule has 0 aliphatic rings. The topological polar surface area (TPSA) is 69.1 Å². The van der Waals surface area contributed by atoms with Gasteiger partial charge in [0.15, 0.2) is 0 Å². The van der Waals surface area contributed by atoms with E-state index in [4.69, 9.17) is 10.2 Å². The van der Waals surface area contributed by atoms with Crippen molar-refractivity contribution < 1.29 is 4.42 Å². The van der Waals surface area contributed by atoms with Gasteiger partial charge in [-0.05, 0) is 31.2 Å². The SMILES string of the molecule is Cc1ccc2oc(N)c(-c3nc4ccccc4s3)c(=O)c2c1. The highest BCUT2D eigenvalue weighted by atomic mass is 32.1. The summed E-state index contributed by atoms with van der Waals surface area (Å²) in [5.74, 6) is 0.111. The summed E-state index contributed by atoms with van der Waals surface area (Å²) >= 11 is 1.44. The average molecular weight is 308 g/mol. The number of hydrogen-bond donors (Lipinski definition) is 1. The summed E-state index contributed by atoms with van der Waals surface area (Å²) in [7, 11) is 0. The lowest BCUT2D eigenvalue weighted by Crippen LogP contribution is -2.08. The van der Waals surface area contributed by atoms with Crippen molar-refractivity contribution in [2.24, 2.45) is 0 Å². The first kappa shape index (κ1) is 13.0. The second-order valence-corrected chi connectivity index (χ2v) is 6.19. The van der Waals surface area contributed by atoms with Gasteiger partial charge in [0.25, 0.3) is 0 Å². The Morgan fingerprint density at radius 2 is 2.00 bits per heavy atom. The molecule has 108 valence electrons. The molecule has 0 saturated heterocycles. The smallest absolute Gasteiger partial charge is 0.205 e. The predicted molar refractivity (Wildman–Crippen MR) is 90.2 cm³/mol. The molecule has 2 aromatic heterocycles. The number of aryl methyl sites for hydroxylation is 1. The molecule has 0 bridgehead atoms. The molecule has 0 atom stereocenters. The maximum absolute atomic E-state index is 12.8. The van der Waals surface area contributed by atoms with Gasteiger partial charge in [0, 0.05) is 0 Å². The minimum Gasteiger partial charge on any atom is -0.440 e. The Balaban J connectivity index is 2.07. The standard InChI is InChI=1S/C17H12N2O2S/c1-9-6-7-12-10(8-9)15(20)14(16(18)21-12)17-19-11-4-2-3-5-13(11)22-17/h2-8H,18H2,1H3. The molecule has 0 radical (unpaired) electrons. The number of para-hydroxylation sites is 1. The van der Waals surface area contributed by atoms with Crippen LogP contribution in [0, 0.1) is 6.92 Å². The van der Waals surface area contributed by atoms with Gasteiger partial charge in [-0.3, -0.25) is 4.79 Å². The van der Waals surface area contributed by atoms with Crippen LogP contribution in [0.2, 0.25) is 0 Å². The molecule has 2 N–H and O–H groups in total. The van der Waals surface area contributed by atoms with Gasteiger partial charge in [-0.1, -0.05) is 23.8 Å². The molecule has 0 spiro atoms. The monoisotopic (exact) mass is 308 g/mol. The van der Waals surface area contributed by atoms with Gasteiger partial charge in [-0.2, -0.15) is 0 Å². The normalized spacial score (nSPS) is 11.3. The summed E-state index contributed by atoms with van der Waals surface area (Å²) in [6.07, 6.45) is 0. The van der Waals surface area contributed by atoms with Gasteiger partial charge in [0.2, 0.25) is 11.3 Å². The maximum Gasteiger partial charge on any atom is 0.205 e. The van der Waals surface area contributed by atoms with Crippen LogP contribution in [-0.4, -0.2) is 4.98 Å². The zero-order valence-corrected chi connectivity index (χ0v) is 12.6. The lowest BCUT2D eigenvalue weighted by atomic mass is 10.1. The summed E-state index contributed by atoms with van der Waals surface area (Å²) in [4.78, 5) is 17.3. The van der Waals surface area contributed by atoms with E-state index < -0.39 is 0 Å². The Morgan fingerprint density at radius 1 is 1.18 bits per heavy atom. The largest absolute Gasteiger partial charge is 0.440 e. The quantitative estimate of drug-likeness (QED) is 0.578. The predicted octanol–water partition coefficient (Wildman–Crippen LogP) is 3.96. The fourth-order valence-electron chi connectivity index (χ4n) is 2.51. The molecule has 0 amide bonds. The number of fused-ring (bicyclic) bond motifs is 2. The Labute approximate surface area is 129 Å². The van der Waals surface area contributed by atoms with E-state index in [0.717, 1.165) is 15.8 Å². The zero-order chi connectivity index (χ0) is 15.3. The van der Waals surface area contributed by atoms with Crippen LogP contribution < -0.4 is 11.2 Å². The number of anilines is 1. The minimum absolute atomic E-state index is 0.111. The molecule has 0 fully saturated rings. The van der Waals surface area contributed by atoms with Crippen LogP contribution in [-0.2, 0) is 0 Å². The van der Waals surface area contributed by atoms with Crippen molar-refractivity contribution in [3.05, 3.63) is 58.3 Å². The summed E-state index contributed by atoms with van der Waals surface area (Å²) in [5, 5.41) is 1.12. The van der Waals surface area contributed by atoms with E-state index in [1.807, 2.05) is 43.3 Å². The molecule has 2 aromatic carbocycles. The van der Waals surface area contributed by atoms with E-state index in [9.17, 15) is 4.79 Å². The van der Waals surface area contributed by atoms with E-state index in [0.29, 0.717) is 21.5 Å². The summed E-state index contributed by atoms with van der Waals surface area (Å²) in [6.45, 7) is 1.94. The summed E-state index contributed by atoms with van der Waals surface area (Å²) < 4.78 is 6.64. The van der Waals surface area contributed by atoms with E-state index >= 15 is 0 Å². The van der Waals surface area contributed by atoms with Crippen LogP contribution in [0.5, 0.6) is 0 Å². The molecular weight excluding hydrogens is 296 g/mol. The number of nitrogen functional groups attached to an aromatic ring is 1. The maximum atomic E-state index is 12.8. The van der Waals surface area contributed by atoms with Crippen LogP contribution in [0.1, 0.15) is 5.56 Å². The summed E-state index contributed by atoms with van der Waals surface area (Å²) in [6, 6.07) is 13.2. The van der Waals surface area contributed by atoms with E-state index in [1.54, 1.807) is 6.07 Å². The molecule has 22 heavy (non-hydrogen) atoms. The number of rotatable bonds is 1. The zero-order valence-electron chi connectivity index (χ0n) is 11.8. The van der Waals surface area contributed by atoms with E-state index in [2.05, 4.69) is 4.98 Å². The Morgan fingerprint density at radius 3 is 2.82 bits per heavy atom. The molecule has 0 saturated carbocycles. The van der Waals surface area contributed by atoms with Crippen molar-refractivity contribution in [3.8, 4) is 10.6 Å². The lowest BCUT2D eigenvalue weighted by molar-refractivity contribution is 0.626. The molecule has 4 aromatic rings. The Bertz CT molecular complexity index is 1050. The van der Waals surface area contributed by atoms with Crippen LogP contribution in [0.25, 0.3) is 31.8 Å². The van der Waals surface area contributed by atoms with E-state index in [1.165, 1.54) is 11.3 Å². The molecule has 0 aliphatic heterocycles. The third-order valence-corrected chi connectivity index (χ3v) is 4.63.